The molecule has 0 rings (SSSR count). The topological polar surface area (TPSA) is 52.0 Å². The molecule has 0 aliphatic heterocycles. The summed E-state index contributed by atoms with van der Waals surface area (Å²) in [5.41, 5.74) is 11.0. The molecule has 0 unspecified atom stereocenters. The monoisotopic (exact) mass is 108 g/mol. The molecule has 2 nitrogen and oxygen atoms in total. The van der Waals surface area contributed by atoms with Crippen LogP contribution in [0.4, 0.5) is 0 Å². The van der Waals surface area contributed by atoms with E-state index in [0.717, 1.165) is 0 Å². The highest BCUT2D eigenvalue weighted by Gasteiger charge is 1.78. The zero-order valence-corrected chi connectivity index (χ0v) is 4.52. The Balaban J connectivity index is 4.01. The van der Waals surface area contributed by atoms with Crippen LogP contribution in [0.2, 0.25) is 0 Å². The maximum absolute atomic E-state index is 5.16. The number of hydrogen-bond acceptors (Lipinski definition) is 2. The summed E-state index contributed by atoms with van der Waals surface area (Å²) in [6, 6.07) is 0. The summed E-state index contributed by atoms with van der Waals surface area (Å²) in [5, 5.41) is 0. The highest BCUT2D eigenvalue weighted by Crippen LogP contribution is 1.83. The van der Waals surface area contributed by atoms with Crippen LogP contribution in [0.15, 0.2) is 24.0 Å². The van der Waals surface area contributed by atoms with E-state index in [1.165, 1.54) is 6.08 Å². The lowest BCUT2D eigenvalue weighted by atomic mass is 10.4. The summed E-state index contributed by atoms with van der Waals surface area (Å²) < 4.78 is 0. The smallest absolute Gasteiger partial charge is 0.0844 e. The quantitative estimate of drug-likeness (QED) is 0.365. The van der Waals surface area contributed by atoms with Gasteiger partial charge in [-0.3, -0.25) is 0 Å². The van der Waals surface area contributed by atoms with Crippen LogP contribution in [0.5, 0.6) is 0 Å². The Morgan fingerprint density at radius 2 is 2.12 bits per heavy atom. The van der Waals surface area contributed by atoms with E-state index in [-0.39, 0.29) is 0 Å². The van der Waals surface area contributed by atoms with Gasteiger partial charge in [-0.25, -0.2) is 0 Å². The van der Waals surface area contributed by atoms with Gasteiger partial charge in [-0.2, -0.15) is 0 Å². The minimum atomic E-state index is 0.303. The van der Waals surface area contributed by atoms with Gasteiger partial charge in [0, 0.05) is 5.70 Å². The van der Waals surface area contributed by atoms with E-state index < -0.39 is 0 Å². The summed E-state index contributed by atoms with van der Waals surface area (Å²) in [7, 11) is 0. The molecule has 4 N–H and O–H groups in total. The predicted molar refractivity (Wildman–Crippen MR) is 34.4 cm³/mol. The summed E-state index contributed by atoms with van der Waals surface area (Å²) in [5.74, 6) is 2.19. The van der Waals surface area contributed by atoms with Crippen molar-refractivity contribution in [1.82, 2.24) is 0 Å². The van der Waals surface area contributed by atoms with Crippen LogP contribution >= 0.6 is 0 Å². The largest absolute Gasteiger partial charge is 0.399 e. The third-order valence-corrected chi connectivity index (χ3v) is 0.508. The second kappa shape index (κ2) is 2.75. The normalized spacial score (nSPS) is 10.1. The Bertz CT molecular complexity index is 160. The van der Waals surface area contributed by atoms with Gasteiger partial charge < -0.3 is 11.5 Å². The molecular formula is C6H8N2. The van der Waals surface area contributed by atoms with Gasteiger partial charge in [0.1, 0.15) is 0 Å². The van der Waals surface area contributed by atoms with Gasteiger partial charge in [0.15, 0.2) is 0 Å². The molecule has 0 spiro atoms. The molecule has 0 aromatic carbocycles. The number of hydrogen-bond donors (Lipinski definition) is 2. The Morgan fingerprint density at radius 3 is 2.25 bits per heavy atom. The second-order valence-corrected chi connectivity index (χ2v) is 1.32. The Kier molecular flexibility index (Phi) is 2.29. The van der Waals surface area contributed by atoms with Crippen molar-refractivity contribution in [3.8, 4) is 12.3 Å². The zero-order chi connectivity index (χ0) is 6.57. The van der Waals surface area contributed by atoms with Crippen molar-refractivity contribution >= 4 is 0 Å². The van der Waals surface area contributed by atoms with Crippen molar-refractivity contribution in [3.63, 3.8) is 0 Å². The first kappa shape index (κ1) is 6.64. The van der Waals surface area contributed by atoms with Gasteiger partial charge in [0.05, 0.1) is 5.70 Å². The van der Waals surface area contributed by atoms with Crippen LogP contribution in [0.25, 0.3) is 0 Å². The lowest BCUT2D eigenvalue weighted by Crippen LogP contribution is -1.97. The fourth-order valence-corrected chi connectivity index (χ4v) is 0.241. The Labute approximate surface area is 48.9 Å². The number of nitrogens with two attached hydrogens (primary N) is 2. The molecule has 0 fully saturated rings. The molecule has 0 bridgehead atoms. The van der Waals surface area contributed by atoms with Crippen molar-refractivity contribution < 1.29 is 0 Å². The lowest BCUT2D eigenvalue weighted by Gasteiger charge is -1.86. The Morgan fingerprint density at radius 1 is 1.62 bits per heavy atom. The minimum absolute atomic E-state index is 0.303. The van der Waals surface area contributed by atoms with Crippen LogP contribution in [0, 0.1) is 12.3 Å². The fraction of sp³-hybridized carbons (Fsp3) is 0. The molecule has 0 aromatic heterocycles. The molecule has 0 aliphatic rings. The highest BCUT2D eigenvalue weighted by molar-refractivity contribution is 5.28. The molecular weight excluding hydrogens is 100 g/mol. The standard InChI is InChI=1S/C6H8N2/c1-3-6(8)4-5(2)7/h1,4H,2,7-8H2/b6-4+. The van der Waals surface area contributed by atoms with Crippen molar-refractivity contribution in [2.24, 2.45) is 11.5 Å². The van der Waals surface area contributed by atoms with E-state index >= 15 is 0 Å². The number of terminal acetylenes is 1. The van der Waals surface area contributed by atoms with Gasteiger partial charge in [0.2, 0.25) is 0 Å². The first-order chi connectivity index (χ1) is 3.66. The first-order valence-corrected chi connectivity index (χ1v) is 2.05. The van der Waals surface area contributed by atoms with Gasteiger partial charge in [-0.15, -0.1) is 6.42 Å². The molecule has 0 aromatic rings. The number of allylic oxidation sites excluding steroid dienone is 2. The van der Waals surface area contributed by atoms with E-state index in [2.05, 4.69) is 12.5 Å². The molecule has 0 amide bonds. The predicted octanol–water partition coefficient (Wildman–Crippen LogP) is -0.0654. The third kappa shape index (κ3) is 2.86. The third-order valence-electron chi connectivity index (χ3n) is 0.508. The van der Waals surface area contributed by atoms with Gasteiger partial charge in [-0.1, -0.05) is 12.5 Å². The molecule has 0 saturated carbocycles. The Hall–Kier alpha value is -1.36. The van der Waals surface area contributed by atoms with Crippen LogP contribution in [-0.2, 0) is 0 Å². The average Bonchev–Trinajstić information content (AvgIpc) is 1.65. The average molecular weight is 108 g/mol. The second-order valence-electron chi connectivity index (χ2n) is 1.32. The van der Waals surface area contributed by atoms with Crippen molar-refractivity contribution in [2.45, 2.75) is 0 Å². The first-order valence-electron chi connectivity index (χ1n) is 2.05. The maximum atomic E-state index is 5.16. The molecule has 0 saturated heterocycles. The van der Waals surface area contributed by atoms with Crippen molar-refractivity contribution in [2.75, 3.05) is 0 Å². The van der Waals surface area contributed by atoms with Gasteiger partial charge in [0.25, 0.3) is 0 Å². The van der Waals surface area contributed by atoms with Crippen LogP contribution in [0.1, 0.15) is 0 Å². The zero-order valence-electron chi connectivity index (χ0n) is 4.52. The molecule has 0 aliphatic carbocycles. The maximum Gasteiger partial charge on any atom is 0.0844 e. The summed E-state index contributed by atoms with van der Waals surface area (Å²) in [6.45, 7) is 3.37. The summed E-state index contributed by atoms with van der Waals surface area (Å²) >= 11 is 0. The highest BCUT2D eigenvalue weighted by atomic mass is 14.6. The minimum Gasteiger partial charge on any atom is -0.399 e. The van der Waals surface area contributed by atoms with E-state index in [1.54, 1.807) is 0 Å². The van der Waals surface area contributed by atoms with Crippen LogP contribution in [0.3, 0.4) is 0 Å². The van der Waals surface area contributed by atoms with Crippen molar-refractivity contribution in [3.05, 3.63) is 24.0 Å². The fourth-order valence-electron chi connectivity index (χ4n) is 0.241. The van der Waals surface area contributed by atoms with Gasteiger partial charge >= 0.3 is 0 Å². The van der Waals surface area contributed by atoms with E-state index in [0.29, 0.717) is 11.4 Å². The van der Waals surface area contributed by atoms with Crippen molar-refractivity contribution in [1.29, 1.82) is 0 Å². The molecule has 0 atom stereocenters. The summed E-state index contributed by atoms with van der Waals surface area (Å²) in [4.78, 5) is 0. The summed E-state index contributed by atoms with van der Waals surface area (Å²) in [6.07, 6.45) is 6.31. The SMILES string of the molecule is C#C/C(N)=C\C(=C)N. The van der Waals surface area contributed by atoms with E-state index in [9.17, 15) is 0 Å². The van der Waals surface area contributed by atoms with Crippen LogP contribution in [-0.4, -0.2) is 0 Å². The number of rotatable bonds is 1. The lowest BCUT2D eigenvalue weighted by molar-refractivity contribution is 1.38. The molecule has 8 heavy (non-hydrogen) atoms. The molecule has 0 radical (unpaired) electrons. The van der Waals surface area contributed by atoms with E-state index in [1.807, 2.05) is 0 Å². The molecule has 2 heteroatoms. The van der Waals surface area contributed by atoms with Crippen LogP contribution < -0.4 is 11.5 Å². The van der Waals surface area contributed by atoms with Gasteiger partial charge in [-0.05, 0) is 6.08 Å². The molecule has 42 valence electrons. The van der Waals surface area contributed by atoms with E-state index in [4.69, 9.17) is 17.9 Å². The molecule has 0 heterocycles.